The maximum atomic E-state index is 14.5. The summed E-state index contributed by atoms with van der Waals surface area (Å²) in [7, 11) is 0. The van der Waals surface area contributed by atoms with E-state index in [-0.39, 0.29) is 18.8 Å². The normalized spacial score (nSPS) is 17.0. The molecule has 1 atom stereocenters. The van der Waals surface area contributed by atoms with Gasteiger partial charge in [0.15, 0.2) is 11.6 Å². The molecule has 0 N–H and O–H groups in total. The number of aromatic nitrogens is 7. The van der Waals surface area contributed by atoms with Crippen LogP contribution < -0.4 is 4.90 Å². The number of cyclic esters (lactones) is 1. The molecule has 0 radical (unpaired) electrons. The number of halogens is 1. The van der Waals surface area contributed by atoms with E-state index in [4.69, 9.17) is 4.74 Å². The Balaban J connectivity index is 1.52. The molecule has 0 bridgehead atoms. The van der Waals surface area contributed by atoms with Crippen LogP contribution in [0.4, 0.5) is 14.9 Å². The van der Waals surface area contributed by atoms with Crippen molar-refractivity contribution in [2.45, 2.75) is 26.5 Å². The third kappa shape index (κ3) is 2.98. The first-order valence-corrected chi connectivity index (χ1v) is 7.91. The lowest BCUT2D eigenvalue weighted by atomic mass is 10.2. The number of hydrogen-bond acceptors (Lipinski definition) is 7. The van der Waals surface area contributed by atoms with Crippen LogP contribution in [-0.4, -0.2) is 53.9 Å². The van der Waals surface area contributed by atoms with Crippen LogP contribution in [0.5, 0.6) is 0 Å². The number of nitrogens with zero attached hydrogens (tertiary/aromatic N) is 8. The summed E-state index contributed by atoms with van der Waals surface area (Å²) < 4.78 is 21.1. The SMILES string of the molecule is Cc1cn(-c2ccc(N3C[C@H](Cn4nnc(C)n4)OC3=O)cc2F)nn1. The minimum atomic E-state index is -0.546. The Hall–Kier alpha value is -3.37. The average molecular weight is 358 g/mol. The molecule has 0 saturated carbocycles. The average Bonchev–Trinajstić information content (AvgIpc) is 3.29. The second-order valence-electron chi connectivity index (χ2n) is 5.95. The van der Waals surface area contributed by atoms with Crippen molar-refractivity contribution in [3.8, 4) is 5.69 Å². The van der Waals surface area contributed by atoms with E-state index in [2.05, 4.69) is 25.7 Å². The highest BCUT2D eigenvalue weighted by molar-refractivity contribution is 5.89. The van der Waals surface area contributed by atoms with Gasteiger partial charge in [-0.3, -0.25) is 4.90 Å². The molecule has 1 amide bonds. The predicted octanol–water partition coefficient (Wildman–Crippen LogP) is 1.04. The van der Waals surface area contributed by atoms with Gasteiger partial charge in [0.2, 0.25) is 0 Å². The lowest BCUT2D eigenvalue weighted by molar-refractivity contribution is 0.126. The van der Waals surface area contributed by atoms with Gasteiger partial charge in [0.1, 0.15) is 18.3 Å². The van der Waals surface area contributed by atoms with Crippen LogP contribution >= 0.6 is 0 Å². The molecular weight excluding hydrogens is 343 g/mol. The maximum Gasteiger partial charge on any atom is 0.414 e. The van der Waals surface area contributed by atoms with Crippen LogP contribution in [0.25, 0.3) is 5.69 Å². The van der Waals surface area contributed by atoms with Crippen LogP contribution in [0.15, 0.2) is 24.4 Å². The molecule has 3 aromatic rings. The number of carbonyl (C=O) groups excluding carboxylic acids is 1. The Morgan fingerprint density at radius 1 is 1.27 bits per heavy atom. The first-order valence-electron chi connectivity index (χ1n) is 7.91. The summed E-state index contributed by atoms with van der Waals surface area (Å²) in [6.45, 7) is 4.03. The number of rotatable bonds is 4. The number of anilines is 1. The second kappa shape index (κ2) is 6.17. The van der Waals surface area contributed by atoms with Crippen molar-refractivity contribution in [3.05, 3.63) is 41.7 Å². The first kappa shape index (κ1) is 16.1. The minimum Gasteiger partial charge on any atom is -0.442 e. The zero-order valence-electron chi connectivity index (χ0n) is 14.1. The summed E-state index contributed by atoms with van der Waals surface area (Å²) in [5.41, 5.74) is 1.33. The quantitative estimate of drug-likeness (QED) is 0.686. The lowest BCUT2D eigenvalue weighted by Gasteiger charge is -2.14. The monoisotopic (exact) mass is 358 g/mol. The van der Waals surface area contributed by atoms with Crippen LogP contribution in [0.3, 0.4) is 0 Å². The van der Waals surface area contributed by atoms with E-state index in [1.807, 2.05) is 0 Å². The molecule has 1 fully saturated rings. The summed E-state index contributed by atoms with van der Waals surface area (Å²) in [5, 5.41) is 19.4. The van der Waals surface area contributed by atoms with Crippen molar-refractivity contribution in [2.75, 3.05) is 11.4 Å². The molecule has 3 heterocycles. The van der Waals surface area contributed by atoms with Gasteiger partial charge < -0.3 is 4.74 Å². The zero-order valence-corrected chi connectivity index (χ0v) is 14.1. The number of ether oxygens (including phenoxy) is 1. The molecule has 0 spiro atoms. The fourth-order valence-corrected chi connectivity index (χ4v) is 2.72. The standard InChI is InChI=1S/C15H15FN8O2/c1-9-6-23(20-17-9)14-4-3-11(5-13(14)16)22-7-12(26-15(22)25)8-24-19-10(2)18-21-24/h3-6,12H,7-8H2,1-2H3/t12-/m1/s1. The van der Waals surface area contributed by atoms with E-state index in [0.717, 1.165) is 0 Å². The highest BCUT2D eigenvalue weighted by Gasteiger charge is 2.33. The van der Waals surface area contributed by atoms with E-state index in [9.17, 15) is 9.18 Å². The molecule has 1 aliphatic rings. The van der Waals surface area contributed by atoms with E-state index >= 15 is 0 Å². The number of aryl methyl sites for hydroxylation is 2. The predicted molar refractivity (Wildman–Crippen MR) is 86.2 cm³/mol. The van der Waals surface area contributed by atoms with Gasteiger partial charge in [-0.2, -0.15) is 4.80 Å². The van der Waals surface area contributed by atoms with Crippen LogP contribution in [-0.2, 0) is 11.3 Å². The van der Waals surface area contributed by atoms with Gasteiger partial charge in [-0.1, -0.05) is 5.21 Å². The van der Waals surface area contributed by atoms with Crippen molar-refractivity contribution < 1.29 is 13.9 Å². The van der Waals surface area contributed by atoms with Crippen molar-refractivity contribution in [2.24, 2.45) is 0 Å². The van der Waals surface area contributed by atoms with Gasteiger partial charge >= 0.3 is 6.09 Å². The summed E-state index contributed by atoms with van der Waals surface area (Å²) in [4.78, 5) is 14.9. The maximum absolute atomic E-state index is 14.5. The molecule has 0 unspecified atom stereocenters. The van der Waals surface area contributed by atoms with Crippen LogP contribution in [0.1, 0.15) is 11.5 Å². The molecule has 1 aliphatic heterocycles. The Bertz CT molecular complexity index is 968. The van der Waals surface area contributed by atoms with Crippen LogP contribution in [0.2, 0.25) is 0 Å². The first-order chi connectivity index (χ1) is 12.5. The molecule has 134 valence electrons. The third-order valence-electron chi connectivity index (χ3n) is 3.89. The van der Waals surface area contributed by atoms with E-state index < -0.39 is 18.0 Å². The van der Waals surface area contributed by atoms with Crippen molar-refractivity contribution in [1.29, 1.82) is 0 Å². The highest BCUT2D eigenvalue weighted by Crippen LogP contribution is 2.25. The van der Waals surface area contributed by atoms with E-state index in [1.54, 1.807) is 32.2 Å². The van der Waals surface area contributed by atoms with Gasteiger partial charge in [-0.15, -0.1) is 15.3 Å². The number of tetrazole rings is 1. The molecule has 4 rings (SSSR count). The van der Waals surface area contributed by atoms with Gasteiger partial charge in [0.25, 0.3) is 0 Å². The molecule has 10 nitrogen and oxygen atoms in total. The molecule has 1 saturated heterocycles. The Labute approximate surface area is 147 Å². The largest absolute Gasteiger partial charge is 0.442 e. The number of hydrogen-bond donors (Lipinski definition) is 0. The fraction of sp³-hybridized carbons (Fsp3) is 0.333. The van der Waals surface area contributed by atoms with Gasteiger partial charge in [-0.25, -0.2) is 13.9 Å². The highest BCUT2D eigenvalue weighted by atomic mass is 19.1. The Morgan fingerprint density at radius 3 is 2.77 bits per heavy atom. The molecule has 11 heteroatoms. The van der Waals surface area contributed by atoms with Gasteiger partial charge in [-0.05, 0) is 37.3 Å². The number of amides is 1. The van der Waals surface area contributed by atoms with Crippen molar-refractivity contribution in [1.82, 2.24) is 35.2 Å². The summed E-state index contributed by atoms with van der Waals surface area (Å²) in [5.74, 6) is 0.0180. The number of carbonyl (C=O) groups is 1. The van der Waals surface area contributed by atoms with Crippen molar-refractivity contribution >= 4 is 11.8 Å². The zero-order chi connectivity index (χ0) is 18.3. The van der Waals surface area contributed by atoms with Gasteiger partial charge in [0, 0.05) is 0 Å². The molecule has 0 aliphatic carbocycles. The Morgan fingerprint density at radius 2 is 2.12 bits per heavy atom. The van der Waals surface area contributed by atoms with E-state index in [1.165, 1.54) is 20.4 Å². The number of benzene rings is 1. The molecule has 1 aromatic carbocycles. The van der Waals surface area contributed by atoms with E-state index in [0.29, 0.717) is 17.2 Å². The molecular formula is C15H15FN8O2. The summed E-state index contributed by atoms with van der Waals surface area (Å²) in [6.07, 6.45) is 0.623. The third-order valence-corrected chi connectivity index (χ3v) is 3.89. The lowest BCUT2D eigenvalue weighted by Crippen LogP contribution is -2.26. The molecule has 2 aromatic heterocycles. The minimum absolute atomic E-state index is 0.251. The summed E-state index contributed by atoms with van der Waals surface area (Å²) in [6, 6.07) is 4.45. The molecule has 26 heavy (non-hydrogen) atoms. The topological polar surface area (TPSA) is 104 Å². The Kier molecular flexibility index (Phi) is 3.82. The van der Waals surface area contributed by atoms with Crippen molar-refractivity contribution in [3.63, 3.8) is 0 Å². The van der Waals surface area contributed by atoms with Gasteiger partial charge in [0.05, 0.1) is 24.1 Å². The van der Waals surface area contributed by atoms with Crippen LogP contribution in [0, 0.1) is 19.7 Å². The fourth-order valence-electron chi connectivity index (χ4n) is 2.72. The smallest absolute Gasteiger partial charge is 0.414 e. The summed E-state index contributed by atoms with van der Waals surface area (Å²) >= 11 is 0. The second-order valence-corrected chi connectivity index (χ2v) is 5.95.